The van der Waals surface area contributed by atoms with Crippen molar-refractivity contribution >= 4 is 0 Å². The van der Waals surface area contributed by atoms with Crippen LogP contribution in [0.2, 0.25) is 0 Å². The number of aliphatic hydroxyl groups excluding tert-OH is 1. The molecule has 3 heteroatoms. The summed E-state index contributed by atoms with van der Waals surface area (Å²) in [6, 6.07) is 11.6. The van der Waals surface area contributed by atoms with Crippen LogP contribution in [-0.2, 0) is 6.42 Å². The Morgan fingerprint density at radius 2 is 1.93 bits per heavy atom. The van der Waals surface area contributed by atoms with Crippen LogP contribution in [0.25, 0.3) is 0 Å². The zero-order valence-electron chi connectivity index (χ0n) is 8.24. The lowest BCUT2D eigenvalue weighted by molar-refractivity contribution is 0.173. The maximum atomic E-state index is 9.88. The number of benzene rings is 1. The smallest absolute Gasteiger partial charge is 0.115 e. The topological polar surface area (TPSA) is 46.0 Å². The van der Waals surface area contributed by atoms with Gasteiger partial charge in [0.25, 0.3) is 0 Å². The van der Waals surface area contributed by atoms with Gasteiger partial charge in [0, 0.05) is 12.6 Å². The second-order valence-corrected chi connectivity index (χ2v) is 3.34. The summed E-state index contributed by atoms with van der Waals surface area (Å²) in [6.45, 7) is 0. The Morgan fingerprint density at radius 1 is 1.13 bits per heavy atom. The summed E-state index contributed by atoms with van der Waals surface area (Å²) in [4.78, 5) is 7.83. The van der Waals surface area contributed by atoms with Crippen LogP contribution < -0.4 is 0 Å². The van der Waals surface area contributed by atoms with Crippen molar-refractivity contribution < 1.29 is 5.11 Å². The molecule has 1 aromatic heterocycles. The third-order valence-electron chi connectivity index (χ3n) is 2.22. The predicted octanol–water partition coefficient (Wildman–Crippen LogP) is 1.75. The molecule has 76 valence electrons. The first kappa shape index (κ1) is 9.80. The molecule has 0 fully saturated rings. The molecular formula is C12H12N2O. The van der Waals surface area contributed by atoms with Gasteiger partial charge in [0.2, 0.25) is 0 Å². The Bertz CT molecular complexity index is 402. The van der Waals surface area contributed by atoms with Crippen LogP contribution in [0, 0.1) is 0 Å². The second-order valence-electron chi connectivity index (χ2n) is 3.34. The number of nitrogens with zero attached hydrogens (tertiary/aromatic N) is 2. The van der Waals surface area contributed by atoms with E-state index in [1.54, 1.807) is 12.3 Å². The predicted molar refractivity (Wildman–Crippen MR) is 57.1 cm³/mol. The van der Waals surface area contributed by atoms with Gasteiger partial charge in [0.1, 0.15) is 12.4 Å². The van der Waals surface area contributed by atoms with Crippen LogP contribution in [0.1, 0.15) is 17.4 Å². The average molecular weight is 200 g/mol. The van der Waals surface area contributed by atoms with Gasteiger partial charge in [-0.1, -0.05) is 30.3 Å². The van der Waals surface area contributed by atoms with Gasteiger partial charge in [-0.3, -0.25) is 0 Å². The lowest BCUT2D eigenvalue weighted by Gasteiger charge is -2.09. The van der Waals surface area contributed by atoms with Crippen molar-refractivity contribution in [3.63, 3.8) is 0 Å². The van der Waals surface area contributed by atoms with Crippen molar-refractivity contribution in [2.45, 2.75) is 12.5 Å². The van der Waals surface area contributed by atoms with Crippen LogP contribution in [0.15, 0.2) is 48.9 Å². The molecule has 2 aromatic rings. The van der Waals surface area contributed by atoms with Gasteiger partial charge in [-0.05, 0) is 11.6 Å². The maximum Gasteiger partial charge on any atom is 0.115 e. The molecule has 0 aliphatic carbocycles. The molecule has 0 saturated carbocycles. The first-order chi connectivity index (χ1) is 7.36. The third kappa shape index (κ3) is 2.60. The Hall–Kier alpha value is -1.74. The number of aliphatic hydroxyl groups is 1. The van der Waals surface area contributed by atoms with E-state index < -0.39 is 6.10 Å². The molecule has 3 nitrogen and oxygen atoms in total. The van der Waals surface area contributed by atoms with Gasteiger partial charge < -0.3 is 5.11 Å². The van der Waals surface area contributed by atoms with Crippen molar-refractivity contribution in [3.05, 3.63) is 60.2 Å². The van der Waals surface area contributed by atoms with E-state index in [2.05, 4.69) is 9.97 Å². The Labute approximate surface area is 88.5 Å². The molecule has 0 saturated heterocycles. The highest BCUT2D eigenvalue weighted by atomic mass is 16.3. The standard InChI is InChI=1S/C12H12N2O/c15-12(11-6-7-13-9-14-11)8-10-4-2-1-3-5-10/h1-7,9,12,15H,8H2. The quantitative estimate of drug-likeness (QED) is 0.821. The van der Waals surface area contributed by atoms with Gasteiger partial charge in [0.15, 0.2) is 0 Å². The van der Waals surface area contributed by atoms with E-state index in [9.17, 15) is 5.11 Å². The molecule has 0 bridgehead atoms. The lowest BCUT2D eigenvalue weighted by Crippen LogP contribution is -2.03. The third-order valence-corrected chi connectivity index (χ3v) is 2.22. The summed E-state index contributed by atoms with van der Waals surface area (Å²) < 4.78 is 0. The Balaban J connectivity index is 2.08. The average Bonchev–Trinajstić information content (AvgIpc) is 2.31. The van der Waals surface area contributed by atoms with Crippen LogP contribution in [0.5, 0.6) is 0 Å². The summed E-state index contributed by atoms with van der Waals surface area (Å²) in [5, 5.41) is 9.88. The van der Waals surface area contributed by atoms with E-state index in [0.29, 0.717) is 12.1 Å². The summed E-state index contributed by atoms with van der Waals surface area (Å²) >= 11 is 0. The van der Waals surface area contributed by atoms with Crippen LogP contribution in [0.4, 0.5) is 0 Å². The molecule has 0 spiro atoms. The Kier molecular flexibility index (Phi) is 3.05. The molecule has 1 unspecified atom stereocenters. The summed E-state index contributed by atoms with van der Waals surface area (Å²) in [7, 11) is 0. The zero-order valence-corrected chi connectivity index (χ0v) is 8.24. The SMILES string of the molecule is OC(Cc1ccccc1)c1ccncn1. The molecule has 2 rings (SSSR count). The van der Waals surface area contributed by atoms with Gasteiger partial charge >= 0.3 is 0 Å². The monoisotopic (exact) mass is 200 g/mol. The molecule has 1 atom stereocenters. The number of hydrogen-bond donors (Lipinski definition) is 1. The number of aromatic nitrogens is 2. The summed E-state index contributed by atoms with van der Waals surface area (Å²) in [5.74, 6) is 0. The molecule has 1 aromatic carbocycles. The molecule has 0 amide bonds. The number of hydrogen-bond acceptors (Lipinski definition) is 3. The minimum Gasteiger partial charge on any atom is -0.386 e. The van der Waals surface area contributed by atoms with Gasteiger partial charge in [-0.25, -0.2) is 9.97 Å². The summed E-state index contributed by atoms with van der Waals surface area (Å²) in [6.07, 6.45) is 3.10. The highest BCUT2D eigenvalue weighted by Crippen LogP contribution is 2.14. The second kappa shape index (κ2) is 4.66. The molecule has 1 N–H and O–H groups in total. The first-order valence-electron chi connectivity index (χ1n) is 4.84. The van der Waals surface area contributed by atoms with Crippen molar-refractivity contribution in [2.75, 3.05) is 0 Å². The Morgan fingerprint density at radius 3 is 2.60 bits per heavy atom. The van der Waals surface area contributed by atoms with Crippen molar-refractivity contribution in [2.24, 2.45) is 0 Å². The van der Waals surface area contributed by atoms with Crippen molar-refractivity contribution in [1.29, 1.82) is 0 Å². The normalized spacial score (nSPS) is 12.3. The molecule has 0 aliphatic heterocycles. The van der Waals surface area contributed by atoms with Crippen molar-refractivity contribution in [1.82, 2.24) is 9.97 Å². The fraction of sp³-hybridized carbons (Fsp3) is 0.167. The van der Waals surface area contributed by atoms with E-state index >= 15 is 0 Å². The molecule has 0 aliphatic rings. The largest absolute Gasteiger partial charge is 0.386 e. The minimum absolute atomic E-state index is 0.560. The minimum atomic E-state index is -0.560. The van der Waals surface area contributed by atoms with E-state index in [0.717, 1.165) is 5.56 Å². The van der Waals surface area contributed by atoms with Crippen LogP contribution >= 0.6 is 0 Å². The fourth-order valence-electron chi connectivity index (χ4n) is 1.44. The van der Waals surface area contributed by atoms with Gasteiger partial charge in [-0.2, -0.15) is 0 Å². The highest BCUT2D eigenvalue weighted by Gasteiger charge is 2.08. The van der Waals surface area contributed by atoms with E-state index in [4.69, 9.17) is 0 Å². The lowest BCUT2D eigenvalue weighted by atomic mass is 10.1. The molecule has 0 radical (unpaired) electrons. The fourth-order valence-corrected chi connectivity index (χ4v) is 1.44. The van der Waals surface area contributed by atoms with Crippen LogP contribution in [0.3, 0.4) is 0 Å². The van der Waals surface area contributed by atoms with E-state index in [-0.39, 0.29) is 0 Å². The van der Waals surface area contributed by atoms with E-state index in [1.807, 2.05) is 30.3 Å². The highest BCUT2D eigenvalue weighted by molar-refractivity contribution is 5.17. The van der Waals surface area contributed by atoms with Crippen LogP contribution in [-0.4, -0.2) is 15.1 Å². The molecule has 1 heterocycles. The van der Waals surface area contributed by atoms with Crippen molar-refractivity contribution in [3.8, 4) is 0 Å². The molecular weight excluding hydrogens is 188 g/mol. The van der Waals surface area contributed by atoms with E-state index in [1.165, 1.54) is 6.33 Å². The molecule has 15 heavy (non-hydrogen) atoms. The summed E-state index contributed by atoms with van der Waals surface area (Å²) in [5.41, 5.74) is 1.76. The first-order valence-corrected chi connectivity index (χ1v) is 4.84. The van der Waals surface area contributed by atoms with Gasteiger partial charge in [0.05, 0.1) is 5.69 Å². The zero-order chi connectivity index (χ0) is 10.5. The number of rotatable bonds is 3. The maximum absolute atomic E-state index is 9.88. The van der Waals surface area contributed by atoms with Gasteiger partial charge in [-0.15, -0.1) is 0 Å².